The Hall–Kier alpha value is -2.44. The monoisotopic (exact) mass is 326 g/mol. The van der Waals surface area contributed by atoms with E-state index in [1.54, 1.807) is 30.3 Å². The largest absolute Gasteiger partial charge is 0.431 e. The molecule has 2 nitrogen and oxygen atoms in total. The summed E-state index contributed by atoms with van der Waals surface area (Å²) in [5.41, 5.74) is -0.617. The van der Waals surface area contributed by atoms with Gasteiger partial charge in [-0.15, -0.1) is 0 Å². The van der Waals surface area contributed by atoms with Crippen molar-refractivity contribution in [2.75, 3.05) is 5.01 Å². The van der Waals surface area contributed by atoms with E-state index in [1.165, 1.54) is 0 Å². The highest BCUT2D eigenvalue weighted by Gasteiger charge is 2.44. The first kappa shape index (κ1) is 15.5. The molecule has 0 saturated carbocycles. The average Bonchev–Trinajstić information content (AvgIpc) is 2.93. The lowest BCUT2D eigenvalue weighted by Gasteiger charge is -2.24. The van der Waals surface area contributed by atoms with E-state index in [9.17, 15) is 22.0 Å². The summed E-state index contributed by atoms with van der Waals surface area (Å²) in [5.74, 6) is -1.76. The fourth-order valence-electron chi connectivity index (χ4n) is 2.51. The molecule has 120 valence electrons. The summed E-state index contributed by atoms with van der Waals surface area (Å²) in [7, 11) is 0. The van der Waals surface area contributed by atoms with Crippen molar-refractivity contribution in [1.82, 2.24) is 0 Å². The smallest absolute Gasteiger partial charge is 0.254 e. The summed E-state index contributed by atoms with van der Waals surface area (Å²) < 4.78 is 66.0. The summed E-state index contributed by atoms with van der Waals surface area (Å²) >= 11 is 0. The third kappa shape index (κ3) is 3.04. The Labute approximate surface area is 128 Å². The predicted molar refractivity (Wildman–Crippen MR) is 76.1 cm³/mol. The van der Waals surface area contributed by atoms with Gasteiger partial charge in [-0.3, -0.25) is 5.01 Å². The van der Waals surface area contributed by atoms with E-state index in [4.69, 9.17) is 0 Å². The number of halogens is 5. The Balaban J connectivity index is 2.06. The van der Waals surface area contributed by atoms with Crippen molar-refractivity contribution in [1.29, 1.82) is 0 Å². The van der Waals surface area contributed by atoms with Crippen LogP contribution in [0.15, 0.2) is 53.6 Å². The minimum atomic E-state index is -4.60. The molecule has 1 heterocycles. The van der Waals surface area contributed by atoms with Crippen molar-refractivity contribution < 1.29 is 22.0 Å². The molecule has 0 fully saturated rings. The fourth-order valence-corrected chi connectivity index (χ4v) is 2.51. The molecule has 1 aliphatic heterocycles. The molecule has 0 unspecified atom stereocenters. The van der Waals surface area contributed by atoms with E-state index in [2.05, 4.69) is 5.10 Å². The highest BCUT2D eigenvalue weighted by atomic mass is 19.4. The topological polar surface area (TPSA) is 15.6 Å². The zero-order chi connectivity index (χ0) is 16.6. The number of anilines is 1. The SMILES string of the molecule is Fc1ccc(N2N=C(C(F)(F)F)C[C@@H]2c2ccccc2)c(F)c1. The second kappa shape index (κ2) is 5.64. The molecule has 1 aliphatic rings. The number of hydrogen-bond acceptors (Lipinski definition) is 2. The number of hydrazone groups is 1. The van der Waals surface area contributed by atoms with E-state index in [0.717, 1.165) is 17.1 Å². The van der Waals surface area contributed by atoms with Gasteiger partial charge in [0.25, 0.3) is 0 Å². The summed E-state index contributed by atoms with van der Waals surface area (Å²) in [5, 5.41) is 4.51. The van der Waals surface area contributed by atoms with Crippen LogP contribution in [0.25, 0.3) is 0 Å². The standard InChI is InChI=1S/C16H11F5N2/c17-11-6-7-13(12(18)8-11)23-14(10-4-2-1-3-5-10)9-15(22-23)16(19,20)21/h1-8,14H,9H2/t14-/m1/s1. The highest BCUT2D eigenvalue weighted by molar-refractivity contribution is 5.93. The van der Waals surface area contributed by atoms with Gasteiger partial charge in [-0.25, -0.2) is 8.78 Å². The summed E-state index contributed by atoms with van der Waals surface area (Å²) in [6, 6.07) is 10.3. The van der Waals surface area contributed by atoms with Crippen LogP contribution in [0.4, 0.5) is 27.6 Å². The van der Waals surface area contributed by atoms with Crippen LogP contribution in [0.2, 0.25) is 0 Å². The van der Waals surface area contributed by atoms with Gasteiger partial charge in [-0.05, 0) is 17.7 Å². The fraction of sp³-hybridized carbons (Fsp3) is 0.188. The summed E-state index contributed by atoms with van der Waals surface area (Å²) in [6.07, 6.45) is -5.00. The molecular formula is C16H11F5N2. The Morgan fingerprint density at radius 2 is 1.70 bits per heavy atom. The minimum absolute atomic E-state index is 0.195. The van der Waals surface area contributed by atoms with Crippen LogP contribution < -0.4 is 5.01 Å². The Morgan fingerprint density at radius 1 is 1.00 bits per heavy atom. The maximum atomic E-state index is 14.0. The predicted octanol–water partition coefficient (Wildman–Crippen LogP) is 4.83. The molecule has 2 aromatic carbocycles. The lowest BCUT2D eigenvalue weighted by molar-refractivity contribution is -0.0600. The molecule has 0 spiro atoms. The number of benzene rings is 2. The first-order valence-electron chi connectivity index (χ1n) is 6.80. The molecule has 1 atom stereocenters. The van der Waals surface area contributed by atoms with E-state index in [1.807, 2.05) is 0 Å². The van der Waals surface area contributed by atoms with E-state index in [0.29, 0.717) is 11.6 Å². The summed E-state index contributed by atoms with van der Waals surface area (Å²) in [4.78, 5) is 0. The second-order valence-electron chi connectivity index (χ2n) is 5.12. The van der Waals surface area contributed by atoms with E-state index < -0.39 is 36.0 Å². The molecule has 0 saturated heterocycles. The van der Waals surface area contributed by atoms with Crippen molar-refractivity contribution in [2.24, 2.45) is 5.10 Å². The van der Waals surface area contributed by atoms with Gasteiger partial charge in [0.2, 0.25) is 0 Å². The molecular weight excluding hydrogens is 315 g/mol. The van der Waals surface area contributed by atoms with Crippen molar-refractivity contribution in [3.8, 4) is 0 Å². The maximum absolute atomic E-state index is 14.0. The number of rotatable bonds is 2. The second-order valence-corrected chi connectivity index (χ2v) is 5.12. The molecule has 0 aliphatic carbocycles. The van der Waals surface area contributed by atoms with Crippen LogP contribution in [0.5, 0.6) is 0 Å². The average molecular weight is 326 g/mol. The van der Waals surface area contributed by atoms with Gasteiger partial charge in [0.1, 0.15) is 11.5 Å². The number of nitrogens with zero attached hydrogens (tertiary/aromatic N) is 2. The van der Waals surface area contributed by atoms with Gasteiger partial charge in [0.15, 0.2) is 5.82 Å². The molecule has 0 bridgehead atoms. The van der Waals surface area contributed by atoms with Gasteiger partial charge < -0.3 is 0 Å². The van der Waals surface area contributed by atoms with Crippen LogP contribution in [-0.4, -0.2) is 11.9 Å². The Kier molecular flexibility index (Phi) is 3.79. The van der Waals surface area contributed by atoms with E-state index >= 15 is 0 Å². The molecule has 0 aromatic heterocycles. The number of alkyl halides is 3. The van der Waals surface area contributed by atoms with Gasteiger partial charge in [0.05, 0.1) is 11.7 Å². The Bertz CT molecular complexity index is 740. The summed E-state index contributed by atoms with van der Waals surface area (Å²) in [6.45, 7) is 0. The third-order valence-corrected chi connectivity index (χ3v) is 3.58. The normalized spacial score (nSPS) is 18.2. The van der Waals surface area contributed by atoms with Crippen LogP contribution in [0, 0.1) is 11.6 Å². The molecule has 0 radical (unpaired) electrons. The van der Waals surface area contributed by atoms with Crippen molar-refractivity contribution in [3.05, 3.63) is 65.7 Å². The highest BCUT2D eigenvalue weighted by Crippen LogP contribution is 2.40. The van der Waals surface area contributed by atoms with Gasteiger partial charge >= 0.3 is 6.18 Å². The minimum Gasteiger partial charge on any atom is -0.254 e. The third-order valence-electron chi connectivity index (χ3n) is 3.58. The molecule has 7 heteroatoms. The quantitative estimate of drug-likeness (QED) is 0.722. The number of hydrogen-bond donors (Lipinski definition) is 0. The van der Waals surface area contributed by atoms with Crippen molar-refractivity contribution in [2.45, 2.75) is 18.6 Å². The molecule has 3 rings (SSSR count). The van der Waals surface area contributed by atoms with Gasteiger partial charge in [-0.2, -0.15) is 18.3 Å². The van der Waals surface area contributed by atoms with Crippen LogP contribution in [0.1, 0.15) is 18.0 Å². The van der Waals surface area contributed by atoms with Gasteiger partial charge in [0, 0.05) is 12.5 Å². The van der Waals surface area contributed by atoms with Crippen LogP contribution >= 0.6 is 0 Å². The van der Waals surface area contributed by atoms with Gasteiger partial charge in [-0.1, -0.05) is 30.3 Å². The zero-order valence-corrected chi connectivity index (χ0v) is 11.7. The lowest BCUT2D eigenvalue weighted by atomic mass is 10.0. The first-order chi connectivity index (χ1) is 10.9. The zero-order valence-electron chi connectivity index (χ0n) is 11.7. The maximum Gasteiger partial charge on any atom is 0.431 e. The van der Waals surface area contributed by atoms with Crippen molar-refractivity contribution >= 4 is 11.4 Å². The van der Waals surface area contributed by atoms with Crippen LogP contribution in [-0.2, 0) is 0 Å². The van der Waals surface area contributed by atoms with E-state index in [-0.39, 0.29) is 5.69 Å². The molecule has 2 aromatic rings. The Morgan fingerprint density at radius 3 is 2.30 bits per heavy atom. The molecule has 23 heavy (non-hydrogen) atoms. The molecule has 0 amide bonds. The van der Waals surface area contributed by atoms with Crippen LogP contribution in [0.3, 0.4) is 0 Å². The first-order valence-corrected chi connectivity index (χ1v) is 6.80. The lowest BCUT2D eigenvalue weighted by Crippen LogP contribution is -2.21. The van der Waals surface area contributed by atoms with Crippen molar-refractivity contribution in [3.63, 3.8) is 0 Å². The molecule has 0 N–H and O–H groups in total.